The molecule has 2 rings (SSSR count). The van der Waals surface area contributed by atoms with Crippen LogP contribution in [0.2, 0.25) is 0 Å². The summed E-state index contributed by atoms with van der Waals surface area (Å²) in [5.41, 5.74) is 2.55. The lowest BCUT2D eigenvalue weighted by Gasteiger charge is -2.22. The van der Waals surface area contributed by atoms with Gasteiger partial charge in [0.2, 0.25) is 0 Å². The van der Waals surface area contributed by atoms with Gasteiger partial charge in [-0.3, -0.25) is 4.99 Å². The van der Waals surface area contributed by atoms with Gasteiger partial charge in [-0.25, -0.2) is 4.98 Å². The molecular weight excluding hydrogens is 457 g/mol. The van der Waals surface area contributed by atoms with Crippen molar-refractivity contribution in [2.24, 2.45) is 12.0 Å². The van der Waals surface area contributed by atoms with Gasteiger partial charge in [0.1, 0.15) is 0 Å². The van der Waals surface area contributed by atoms with E-state index in [4.69, 9.17) is 9.98 Å². The number of hydrogen-bond acceptors (Lipinski definition) is 3. The van der Waals surface area contributed by atoms with Crippen molar-refractivity contribution < 1.29 is 0 Å². The molecule has 0 atom stereocenters. The number of thiazole rings is 1. The summed E-state index contributed by atoms with van der Waals surface area (Å²) in [6.45, 7) is 11.1. The van der Waals surface area contributed by atoms with Gasteiger partial charge in [0.25, 0.3) is 0 Å². The molecule has 7 heteroatoms. The highest BCUT2D eigenvalue weighted by Crippen LogP contribution is 2.24. The van der Waals surface area contributed by atoms with E-state index in [2.05, 4.69) is 80.3 Å². The van der Waals surface area contributed by atoms with Crippen LogP contribution in [0.3, 0.4) is 0 Å². The standard InChI is InChI=1S/C19H31N5S.HI/c1-7-20-18(24(6)13-15-9-8-12-23(15)5)21-11-10-17-22-16(14-25-17)19(2,3)4;/h8-9,12,14H,7,10-11,13H2,1-6H3,(H,20,21);1H. The molecule has 2 heterocycles. The Morgan fingerprint density at radius 1 is 1.38 bits per heavy atom. The molecular formula is C19H32IN5S. The summed E-state index contributed by atoms with van der Waals surface area (Å²) >= 11 is 1.74. The third-order valence-corrected chi connectivity index (χ3v) is 4.96. The fourth-order valence-corrected chi connectivity index (χ4v) is 3.49. The monoisotopic (exact) mass is 489 g/mol. The summed E-state index contributed by atoms with van der Waals surface area (Å²) < 4.78 is 2.14. The van der Waals surface area contributed by atoms with Crippen molar-refractivity contribution in [1.29, 1.82) is 0 Å². The van der Waals surface area contributed by atoms with E-state index in [0.29, 0.717) is 0 Å². The Balaban J connectivity index is 0.00000338. The summed E-state index contributed by atoms with van der Waals surface area (Å²) in [5.74, 6) is 0.941. The molecule has 0 spiro atoms. The van der Waals surface area contributed by atoms with Crippen molar-refractivity contribution in [3.63, 3.8) is 0 Å². The number of guanidine groups is 1. The molecule has 1 N–H and O–H groups in total. The minimum atomic E-state index is 0. The molecule has 0 saturated carbocycles. The van der Waals surface area contributed by atoms with E-state index in [1.807, 2.05) is 0 Å². The number of aliphatic imine (C=N–C) groups is 1. The van der Waals surface area contributed by atoms with Gasteiger partial charge in [0.05, 0.1) is 17.2 Å². The first-order chi connectivity index (χ1) is 11.8. The third kappa shape index (κ3) is 6.57. The van der Waals surface area contributed by atoms with E-state index >= 15 is 0 Å². The van der Waals surface area contributed by atoms with Crippen molar-refractivity contribution in [1.82, 2.24) is 19.8 Å². The zero-order valence-corrected chi connectivity index (χ0v) is 19.9. The summed E-state index contributed by atoms with van der Waals surface area (Å²) in [7, 11) is 4.15. The second-order valence-corrected chi connectivity index (χ2v) is 8.27. The number of hydrogen-bond donors (Lipinski definition) is 1. The highest BCUT2D eigenvalue weighted by molar-refractivity contribution is 14.0. The van der Waals surface area contributed by atoms with Crippen molar-refractivity contribution in [3.8, 4) is 0 Å². The van der Waals surface area contributed by atoms with E-state index in [0.717, 1.165) is 37.0 Å². The minimum absolute atomic E-state index is 0. The van der Waals surface area contributed by atoms with Crippen LogP contribution in [0.1, 0.15) is 44.1 Å². The lowest BCUT2D eigenvalue weighted by Crippen LogP contribution is -2.39. The molecule has 0 aliphatic carbocycles. The van der Waals surface area contributed by atoms with Crippen molar-refractivity contribution in [3.05, 3.63) is 40.1 Å². The molecule has 0 saturated heterocycles. The topological polar surface area (TPSA) is 45.5 Å². The van der Waals surface area contributed by atoms with Gasteiger partial charge in [-0.15, -0.1) is 35.3 Å². The summed E-state index contributed by atoms with van der Waals surface area (Å²) in [6, 6.07) is 4.21. The van der Waals surface area contributed by atoms with Crippen LogP contribution in [-0.4, -0.2) is 40.5 Å². The van der Waals surface area contributed by atoms with E-state index in [1.165, 1.54) is 11.4 Å². The van der Waals surface area contributed by atoms with Crippen molar-refractivity contribution in [2.75, 3.05) is 20.1 Å². The molecule has 0 aliphatic rings. The number of rotatable bonds is 6. The average Bonchev–Trinajstić information content (AvgIpc) is 3.16. The van der Waals surface area contributed by atoms with Crippen LogP contribution < -0.4 is 5.32 Å². The maximum Gasteiger partial charge on any atom is 0.194 e. The smallest absolute Gasteiger partial charge is 0.194 e. The van der Waals surface area contributed by atoms with Gasteiger partial charge in [0, 0.05) is 56.3 Å². The zero-order chi connectivity index (χ0) is 18.4. The fourth-order valence-electron chi connectivity index (χ4n) is 2.48. The van der Waals surface area contributed by atoms with Gasteiger partial charge >= 0.3 is 0 Å². The Labute approximate surface area is 178 Å². The number of nitrogens with one attached hydrogen (secondary N) is 1. The molecule has 0 fully saturated rings. The fraction of sp³-hybridized carbons (Fsp3) is 0.579. The molecule has 0 amide bonds. The van der Waals surface area contributed by atoms with Crippen LogP contribution in [0.15, 0.2) is 28.7 Å². The molecule has 0 unspecified atom stereocenters. The van der Waals surface area contributed by atoms with Gasteiger partial charge in [-0.2, -0.15) is 0 Å². The SMILES string of the molecule is CCNC(=NCCc1nc(C(C)(C)C)cs1)N(C)Cc1cccn1C.I. The van der Waals surface area contributed by atoms with Crippen LogP contribution in [0.4, 0.5) is 0 Å². The molecule has 0 radical (unpaired) electrons. The Morgan fingerprint density at radius 2 is 2.12 bits per heavy atom. The predicted octanol–water partition coefficient (Wildman–Crippen LogP) is 4.04. The van der Waals surface area contributed by atoms with E-state index in [1.54, 1.807) is 11.3 Å². The van der Waals surface area contributed by atoms with E-state index < -0.39 is 0 Å². The third-order valence-electron chi connectivity index (χ3n) is 4.05. The van der Waals surface area contributed by atoms with Gasteiger partial charge in [-0.1, -0.05) is 20.8 Å². The molecule has 5 nitrogen and oxygen atoms in total. The Kier molecular flexibility index (Phi) is 9.09. The van der Waals surface area contributed by atoms with Gasteiger partial charge in [-0.05, 0) is 19.1 Å². The molecule has 146 valence electrons. The lowest BCUT2D eigenvalue weighted by molar-refractivity contribution is 0.462. The number of nitrogens with zero attached hydrogens (tertiary/aromatic N) is 4. The quantitative estimate of drug-likeness (QED) is 0.379. The average molecular weight is 489 g/mol. The van der Waals surface area contributed by atoms with Crippen LogP contribution >= 0.6 is 35.3 Å². The second kappa shape index (κ2) is 10.3. The van der Waals surface area contributed by atoms with E-state index in [-0.39, 0.29) is 29.4 Å². The van der Waals surface area contributed by atoms with Crippen LogP contribution in [0.25, 0.3) is 0 Å². The van der Waals surface area contributed by atoms with Gasteiger partial charge in [0.15, 0.2) is 5.96 Å². The van der Waals surface area contributed by atoms with Crippen LogP contribution in [-0.2, 0) is 25.4 Å². The minimum Gasteiger partial charge on any atom is -0.357 e. The highest BCUT2D eigenvalue weighted by atomic mass is 127. The predicted molar refractivity (Wildman–Crippen MR) is 123 cm³/mol. The van der Waals surface area contributed by atoms with Crippen LogP contribution in [0, 0.1) is 0 Å². The molecule has 0 bridgehead atoms. The maximum atomic E-state index is 4.78. The normalized spacial score (nSPS) is 12.0. The Bertz CT molecular complexity index is 699. The first kappa shape index (κ1) is 23.0. The lowest BCUT2D eigenvalue weighted by atomic mass is 9.93. The molecule has 26 heavy (non-hydrogen) atoms. The maximum absolute atomic E-state index is 4.78. The number of aromatic nitrogens is 2. The Morgan fingerprint density at radius 3 is 2.65 bits per heavy atom. The number of halogens is 1. The zero-order valence-electron chi connectivity index (χ0n) is 16.7. The highest BCUT2D eigenvalue weighted by Gasteiger charge is 2.17. The molecule has 2 aromatic rings. The van der Waals surface area contributed by atoms with Gasteiger partial charge < -0.3 is 14.8 Å². The Hall–Kier alpha value is -1.09. The summed E-state index contributed by atoms with van der Waals surface area (Å²) in [5, 5.41) is 6.71. The van der Waals surface area contributed by atoms with Crippen molar-refractivity contribution in [2.45, 2.75) is 46.1 Å². The number of aryl methyl sites for hydroxylation is 1. The largest absolute Gasteiger partial charge is 0.357 e. The molecule has 2 aromatic heterocycles. The first-order valence-corrected chi connectivity index (χ1v) is 9.73. The molecule has 0 aliphatic heterocycles. The summed E-state index contributed by atoms with van der Waals surface area (Å²) in [6.07, 6.45) is 2.95. The van der Waals surface area contributed by atoms with E-state index in [9.17, 15) is 0 Å². The first-order valence-electron chi connectivity index (χ1n) is 8.85. The van der Waals surface area contributed by atoms with Crippen LogP contribution in [0.5, 0.6) is 0 Å². The van der Waals surface area contributed by atoms with Crippen molar-refractivity contribution >= 4 is 41.3 Å². The molecule has 0 aromatic carbocycles. The summed E-state index contributed by atoms with van der Waals surface area (Å²) in [4.78, 5) is 11.7. The second-order valence-electron chi connectivity index (χ2n) is 7.33.